The summed E-state index contributed by atoms with van der Waals surface area (Å²) in [7, 11) is 0. The predicted molar refractivity (Wildman–Crippen MR) is 126 cm³/mol. The van der Waals surface area contributed by atoms with Gasteiger partial charge in [0, 0.05) is 23.6 Å². The molecule has 7 nitrogen and oxygen atoms in total. The molecule has 0 saturated heterocycles. The lowest BCUT2D eigenvalue weighted by Gasteiger charge is -2.14. The molecule has 0 aliphatic heterocycles. The van der Waals surface area contributed by atoms with Crippen LogP contribution in [0.25, 0.3) is 16.5 Å². The maximum absolute atomic E-state index is 14.0. The van der Waals surface area contributed by atoms with Crippen molar-refractivity contribution in [2.24, 2.45) is 0 Å². The second kappa shape index (κ2) is 8.79. The van der Waals surface area contributed by atoms with Crippen LogP contribution in [0, 0.1) is 17.5 Å². The molecule has 0 atom stereocenters. The summed E-state index contributed by atoms with van der Waals surface area (Å²) in [5, 5.41) is 20.0. The Morgan fingerprint density at radius 3 is 2.37 bits per heavy atom. The van der Waals surface area contributed by atoms with Crippen molar-refractivity contribution < 1.29 is 27.9 Å². The molecule has 0 saturated carbocycles. The predicted octanol–water partition coefficient (Wildman–Crippen LogP) is 6.08. The summed E-state index contributed by atoms with van der Waals surface area (Å²) in [6.45, 7) is 5.70. The monoisotopic (exact) mass is 482 g/mol. The smallest absolute Gasteiger partial charge is 0.336 e. The summed E-state index contributed by atoms with van der Waals surface area (Å²) < 4.78 is 42.4. The molecule has 1 aromatic heterocycles. The molecule has 0 aliphatic carbocycles. The number of hydrogen-bond acceptors (Lipinski definition) is 3. The maximum atomic E-state index is 14.0. The number of aromatic nitrogens is 2. The summed E-state index contributed by atoms with van der Waals surface area (Å²) in [6, 6.07) is 11.7. The minimum atomic E-state index is -1.45. The van der Waals surface area contributed by atoms with E-state index in [4.69, 9.17) is 0 Å². The van der Waals surface area contributed by atoms with E-state index in [-0.39, 0.29) is 11.4 Å². The summed E-state index contributed by atoms with van der Waals surface area (Å²) in [4.78, 5) is 24.5. The van der Waals surface area contributed by atoms with E-state index in [9.17, 15) is 27.9 Å². The highest BCUT2D eigenvalue weighted by molar-refractivity contribution is 6.05. The number of urea groups is 1. The molecule has 0 fully saturated rings. The highest BCUT2D eigenvalue weighted by Crippen LogP contribution is 2.30. The minimum absolute atomic E-state index is 0.0404. The number of benzene rings is 3. The number of nitrogens with one attached hydrogen (secondary N) is 2. The molecule has 1 heterocycles. The van der Waals surface area contributed by atoms with Crippen molar-refractivity contribution in [1.82, 2.24) is 9.78 Å². The molecular weight excluding hydrogens is 461 g/mol. The highest BCUT2D eigenvalue weighted by atomic mass is 19.2. The number of nitrogens with zero attached hydrogens (tertiary/aromatic N) is 2. The van der Waals surface area contributed by atoms with Crippen LogP contribution in [0.4, 0.5) is 29.5 Å². The number of carbonyl (C=O) groups is 2. The number of carbonyl (C=O) groups excluding carboxylic acids is 1. The third-order valence-electron chi connectivity index (χ3n) is 5.28. The van der Waals surface area contributed by atoms with Gasteiger partial charge in [-0.05, 0) is 22.9 Å². The van der Waals surface area contributed by atoms with Gasteiger partial charge in [0.1, 0.15) is 11.6 Å². The molecule has 10 heteroatoms. The number of carboxylic acids is 1. The summed E-state index contributed by atoms with van der Waals surface area (Å²) in [6.07, 6.45) is 0. The van der Waals surface area contributed by atoms with Crippen molar-refractivity contribution in [3.63, 3.8) is 0 Å². The number of anilines is 2. The number of halogens is 3. The van der Waals surface area contributed by atoms with Crippen molar-refractivity contribution in [3.05, 3.63) is 83.3 Å². The van der Waals surface area contributed by atoms with Crippen molar-refractivity contribution in [2.45, 2.75) is 26.2 Å². The zero-order valence-corrected chi connectivity index (χ0v) is 19.0. The Labute approximate surface area is 198 Å². The number of carboxylic acid groups (broad SMARTS) is 1. The first-order valence-corrected chi connectivity index (χ1v) is 10.5. The molecule has 3 N–H and O–H groups in total. The standard InChI is InChI=1S/C25H21F3N4O3/c1-25(2,3)20-12-21(30-24(35)29-19-10-14(26)9-18(27)22(19)28)32(31-20)15-8-13-6-4-5-7-16(13)17(11-15)23(33)34/h4-12H,1-3H3,(H,33,34)(H2,29,30,35). The molecule has 4 aromatic rings. The second-order valence-electron chi connectivity index (χ2n) is 8.92. The van der Waals surface area contributed by atoms with Gasteiger partial charge in [0.25, 0.3) is 0 Å². The van der Waals surface area contributed by atoms with Gasteiger partial charge in [-0.15, -0.1) is 0 Å². The van der Waals surface area contributed by atoms with Crippen LogP contribution in [0.2, 0.25) is 0 Å². The van der Waals surface area contributed by atoms with Crippen LogP contribution in [0.15, 0.2) is 54.6 Å². The van der Waals surface area contributed by atoms with E-state index in [0.717, 1.165) is 0 Å². The second-order valence-corrected chi connectivity index (χ2v) is 8.92. The lowest BCUT2D eigenvalue weighted by molar-refractivity contribution is 0.0699. The molecule has 0 unspecified atom stereocenters. The normalized spacial score (nSPS) is 11.5. The van der Waals surface area contributed by atoms with E-state index < -0.39 is 40.6 Å². The molecule has 0 bridgehead atoms. The van der Waals surface area contributed by atoms with Gasteiger partial charge >= 0.3 is 12.0 Å². The van der Waals surface area contributed by atoms with Crippen molar-refractivity contribution in [3.8, 4) is 5.69 Å². The highest BCUT2D eigenvalue weighted by Gasteiger charge is 2.23. The van der Waals surface area contributed by atoms with Gasteiger partial charge in [-0.1, -0.05) is 45.0 Å². The van der Waals surface area contributed by atoms with Gasteiger partial charge in [0.2, 0.25) is 0 Å². The van der Waals surface area contributed by atoms with E-state index >= 15 is 0 Å². The van der Waals surface area contributed by atoms with Gasteiger partial charge in [-0.25, -0.2) is 27.4 Å². The first-order chi connectivity index (χ1) is 16.4. The fraction of sp³-hybridized carbons (Fsp3) is 0.160. The third-order valence-corrected chi connectivity index (χ3v) is 5.28. The topological polar surface area (TPSA) is 96.2 Å². The van der Waals surface area contributed by atoms with Gasteiger partial charge in [0.15, 0.2) is 11.6 Å². The minimum Gasteiger partial charge on any atom is -0.478 e. The first-order valence-electron chi connectivity index (χ1n) is 10.5. The number of rotatable bonds is 4. The fourth-order valence-corrected chi connectivity index (χ4v) is 3.54. The first kappa shape index (κ1) is 23.8. The largest absolute Gasteiger partial charge is 0.478 e. The van der Waals surface area contributed by atoms with Crippen LogP contribution in [0.1, 0.15) is 36.8 Å². The van der Waals surface area contributed by atoms with Gasteiger partial charge in [-0.2, -0.15) is 5.10 Å². The van der Waals surface area contributed by atoms with Crippen LogP contribution in [0.3, 0.4) is 0 Å². The zero-order valence-electron chi connectivity index (χ0n) is 19.0. The Balaban J connectivity index is 1.78. The molecule has 0 spiro atoms. The SMILES string of the molecule is CC(C)(C)c1cc(NC(=O)Nc2cc(F)cc(F)c2F)n(-c2cc(C(=O)O)c3ccccc3c2)n1. The maximum Gasteiger partial charge on any atom is 0.336 e. The van der Waals surface area contributed by atoms with Crippen molar-refractivity contribution in [1.29, 1.82) is 0 Å². The molecule has 180 valence electrons. The Hall–Kier alpha value is -4.34. The van der Waals surface area contributed by atoms with Crippen LogP contribution in [-0.4, -0.2) is 26.9 Å². The number of amides is 2. The van der Waals surface area contributed by atoms with E-state index in [1.807, 2.05) is 20.8 Å². The zero-order chi connectivity index (χ0) is 25.5. The van der Waals surface area contributed by atoms with Gasteiger partial charge < -0.3 is 10.4 Å². The summed E-state index contributed by atoms with van der Waals surface area (Å²) >= 11 is 0. The average Bonchev–Trinajstić information content (AvgIpc) is 3.20. The quantitative estimate of drug-likeness (QED) is 0.307. The van der Waals surface area contributed by atoms with Crippen LogP contribution >= 0.6 is 0 Å². The molecule has 4 rings (SSSR count). The van der Waals surface area contributed by atoms with E-state index in [1.165, 1.54) is 10.7 Å². The Bertz CT molecular complexity index is 1480. The van der Waals surface area contributed by atoms with E-state index in [1.54, 1.807) is 36.4 Å². The lowest BCUT2D eigenvalue weighted by Crippen LogP contribution is -2.22. The molecule has 0 radical (unpaired) electrons. The van der Waals surface area contributed by atoms with E-state index in [2.05, 4.69) is 15.7 Å². The van der Waals surface area contributed by atoms with Crippen molar-refractivity contribution in [2.75, 3.05) is 10.6 Å². The van der Waals surface area contributed by atoms with Crippen molar-refractivity contribution >= 4 is 34.3 Å². The molecule has 0 aliphatic rings. The third kappa shape index (κ3) is 4.81. The van der Waals surface area contributed by atoms with Crippen LogP contribution in [0.5, 0.6) is 0 Å². The van der Waals surface area contributed by atoms with E-state index in [0.29, 0.717) is 34.3 Å². The number of aromatic carboxylic acids is 1. The lowest BCUT2D eigenvalue weighted by atomic mass is 9.92. The molecule has 35 heavy (non-hydrogen) atoms. The van der Waals surface area contributed by atoms with Crippen LogP contribution in [-0.2, 0) is 5.41 Å². The molecule has 2 amide bonds. The van der Waals surface area contributed by atoms with Crippen LogP contribution < -0.4 is 10.6 Å². The summed E-state index contributed by atoms with van der Waals surface area (Å²) in [5.41, 5.74) is -0.155. The Morgan fingerprint density at radius 1 is 0.971 bits per heavy atom. The van der Waals surface area contributed by atoms with Gasteiger partial charge in [-0.3, -0.25) is 5.32 Å². The molecule has 3 aromatic carbocycles. The Kier molecular flexibility index (Phi) is 5.98. The number of fused-ring (bicyclic) bond motifs is 1. The fourth-order valence-electron chi connectivity index (χ4n) is 3.54. The average molecular weight is 482 g/mol. The van der Waals surface area contributed by atoms with Gasteiger partial charge in [0.05, 0.1) is 22.6 Å². The summed E-state index contributed by atoms with van der Waals surface area (Å²) in [5.74, 6) is -4.92. The molecular formula is C25H21F3N4O3. The number of hydrogen-bond donors (Lipinski definition) is 3. The Morgan fingerprint density at radius 2 is 1.69 bits per heavy atom.